The fraction of sp³-hybridized carbons (Fsp3) is 0.822. The molecule has 15 N–H and O–H groups in total. The number of hydrogen-bond acceptors (Lipinski definition) is 25. The van der Waals surface area contributed by atoms with Crippen LogP contribution in [0, 0.1) is 0 Å². The van der Waals surface area contributed by atoms with E-state index in [4.69, 9.17) is 65.0 Å². The zero-order chi connectivity index (χ0) is 95.4. The molecule has 0 rings (SSSR count). The van der Waals surface area contributed by atoms with Crippen LogP contribution in [0.4, 0.5) is 0 Å². The van der Waals surface area contributed by atoms with Gasteiger partial charge in [-0.3, -0.25) is 62.3 Å². The molecular weight excluding hydrogens is 1690 g/mol. The lowest BCUT2D eigenvalue weighted by atomic mass is 9.80. The molecule has 13 amide bonds. The van der Waals surface area contributed by atoms with Crippen LogP contribution in [-0.2, 0) is 71.8 Å². The summed E-state index contributed by atoms with van der Waals surface area (Å²) in [6.07, 6.45) is -6.80. The first kappa shape index (κ1) is 116. The second-order valence-corrected chi connectivity index (χ2v) is 29.7. The van der Waals surface area contributed by atoms with Crippen molar-refractivity contribution >= 4 is 76.8 Å². The normalized spacial score (nSPS) is 12.2. The van der Waals surface area contributed by atoms with Crippen LogP contribution in [0.2, 0.25) is 0 Å². The molecule has 0 aliphatic carbocycles. The smallest absolute Gasteiger partial charge is 0.246 e. The predicted octanol–water partition coefficient (Wildman–Crippen LogP) is 7.11. The van der Waals surface area contributed by atoms with E-state index >= 15 is 14.4 Å². The molecular formula is C73H127N41O15. The first-order valence-corrected chi connectivity index (χ1v) is 42.9. The fourth-order valence-corrected chi connectivity index (χ4v) is 13.0. The maximum atomic E-state index is 15.6. The van der Waals surface area contributed by atoms with Gasteiger partial charge >= 0.3 is 0 Å². The Kier molecular flexibility index (Phi) is 69.2. The molecule has 0 fully saturated rings. The van der Waals surface area contributed by atoms with Gasteiger partial charge in [-0.1, -0.05) is 46.0 Å². The van der Waals surface area contributed by atoms with Gasteiger partial charge in [-0.2, -0.15) is 0 Å². The molecule has 0 aliphatic heterocycles. The summed E-state index contributed by atoms with van der Waals surface area (Å²) in [5, 5.41) is 68.1. The third kappa shape index (κ3) is 65.1. The number of carbonyl (C=O) groups is 13. The Hall–Kier alpha value is -13.2. The van der Waals surface area contributed by atoms with Gasteiger partial charge in [0.1, 0.15) is 6.61 Å². The van der Waals surface area contributed by atoms with Crippen LogP contribution >= 0.6 is 0 Å². The van der Waals surface area contributed by atoms with E-state index in [1.165, 1.54) is 0 Å². The minimum atomic E-state index is -1.96. The molecule has 0 saturated carbocycles. The standard InChI is InChI=1S/C73H127N41O15/c74-34-53-128-54-55-129-56-69(127)105-73(31-19-66(124)102-70(22-10-57(115)84-35-1-44-93-106-75,23-11-58(116)85-36-2-45-94-107-76)24-12-59(117)86-37-3-46-95-108-77,32-20-67(125)103-71(25-13-60(118)87-38-4-47-96-109-78,26-14-61(119)88-39-5-48-97-110-79)27-15-62(120)89-40-6-49-98-111-80)33-21-68(126)104-72(28-16-63(121)90-41-7-50-99-112-81,29-17-64(122)91-42-8-51-100-113-82)30-18-65(123)92-43-9-52-101-114-83/h1-56,74H2,(H,84,115)(H,85,116)(H,86,117)(H,87,118)(H,88,119)(H,89,120)(H,90,121)(H,91,122)(H,92,123)(H,102,124)(H,103,125)(H,104,126)(H,105,127). The van der Waals surface area contributed by atoms with Crippen LogP contribution in [0.25, 0.3) is 94.0 Å². The average Bonchev–Trinajstić information content (AvgIpc) is 0.824. The van der Waals surface area contributed by atoms with Crippen molar-refractivity contribution in [1.82, 2.24) is 69.1 Å². The van der Waals surface area contributed by atoms with Crippen LogP contribution in [0.3, 0.4) is 0 Å². The quantitative estimate of drug-likeness (QED) is 0.0125. The van der Waals surface area contributed by atoms with E-state index in [9.17, 15) is 47.9 Å². The van der Waals surface area contributed by atoms with Crippen molar-refractivity contribution in [3.05, 3.63) is 94.0 Å². The molecule has 714 valence electrons. The molecule has 0 aromatic heterocycles. The minimum absolute atomic E-state index is 0.0265. The number of nitrogens with zero attached hydrogens (tertiary/aromatic N) is 27. The molecule has 0 saturated heterocycles. The predicted molar refractivity (Wildman–Crippen MR) is 470 cm³/mol. The highest BCUT2D eigenvalue weighted by atomic mass is 16.5. The molecule has 0 spiro atoms. The third-order valence-corrected chi connectivity index (χ3v) is 19.8. The summed E-state index contributed by atoms with van der Waals surface area (Å²) in [5.74, 6) is -8.46. The van der Waals surface area contributed by atoms with Gasteiger partial charge in [0.25, 0.3) is 0 Å². The lowest BCUT2D eigenvalue weighted by Crippen LogP contribution is -2.55. The van der Waals surface area contributed by atoms with Gasteiger partial charge < -0.3 is 84.3 Å². The maximum absolute atomic E-state index is 15.6. The average molecular weight is 1820 g/mol. The van der Waals surface area contributed by atoms with Crippen LogP contribution < -0.4 is 74.9 Å². The van der Waals surface area contributed by atoms with Crippen LogP contribution in [0.1, 0.15) is 212 Å². The molecule has 129 heavy (non-hydrogen) atoms. The number of rotatable bonds is 83. The molecule has 0 aromatic rings. The molecule has 0 radical (unpaired) electrons. The van der Waals surface area contributed by atoms with Crippen molar-refractivity contribution in [2.75, 3.05) is 151 Å². The number of carbonyl (C=O) groups excluding carboxylic acids is 13. The molecule has 0 aromatic carbocycles. The van der Waals surface area contributed by atoms with Crippen LogP contribution in [-0.4, -0.2) is 250 Å². The van der Waals surface area contributed by atoms with Gasteiger partial charge in [-0.05, 0) is 185 Å². The van der Waals surface area contributed by atoms with E-state index < -0.39 is 144 Å². The number of ether oxygens (including phenoxy) is 2. The van der Waals surface area contributed by atoms with E-state index in [0.717, 1.165) is 0 Å². The molecule has 56 nitrogen and oxygen atoms in total. The van der Waals surface area contributed by atoms with Crippen molar-refractivity contribution in [3.63, 3.8) is 0 Å². The summed E-state index contributed by atoms with van der Waals surface area (Å²) in [7, 11) is 0. The second kappa shape index (κ2) is 77.2. The highest BCUT2D eigenvalue weighted by molar-refractivity contribution is 5.84. The van der Waals surface area contributed by atoms with Gasteiger partial charge in [0.15, 0.2) is 0 Å². The second-order valence-electron chi connectivity index (χ2n) is 29.7. The highest BCUT2D eigenvalue weighted by Gasteiger charge is 2.41. The SMILES string of the molecule is [N-]=[N+]=NCCCNC(=O)CCC(CCC(=O)NCCCN=[N+]=[N-])(CCC(=O)NCCCN=[N+]=[N-])NC(=O)CCC(CCC(=O)NC(CCC(=O)NCCCN=[N+]=[N-])(CCC(=O)NCCCN=[N+]=[N-])CCC(=O)NCCCN=[N+]=[N-])(CCC(=O)NC(CCC(=O)NCCCN=[N+]=[N-])(CCC(=O)NCCCN=[N+]=[N-])CCC(=O)NCCCN=[N+]=[N-])NC(=O)COCCOCCN. The summed E-state index contributed by atoms with van der Waals surface area (Å²) < 4.78 is 11.3. The zero-order valence-electron chi connectivity index (χ0n) is 73.4. The Balaban J connectivity index is 9.43. The van der Waals surface area contributed by atoms with Crippen LogP contribution in [0.15, 0.2) is 46.0 Å². The molecule has 0 unspecified atom stereocenters. The Bertz CT molecular complexity index is 3240. The summed E-state index contributed by atoms with van der Waals surface area (Å²) in [5.41, 5.74) is 78.7. The number of hydrogen-bond donors (Lipinski definition) is 14. The topological polar surface area (TPSA) is 862 Å². The Morgan fingerprint density at radius 1 is 0.217 bits per heavy atom. The van der Waals surface area contributed by atoms with Gasteiger partial charge in [0, 0.05) is 268 Å². The molecule has 0 bridgehead atoms. The Morgan fingerprint density at radius 2 is 0.364 bits per heavy atom. The highest BCUT2D eigenvalue weighted by Crippen LogP contribution is 2.33. The first-order valence-electron chi connectivity index (χ1n) is 42.9. The number of nitrogens with one attached hydrogen (secondary N) is 13. The van der Waals surface area contributed by atoms with Gasteiger partial charge in [-0.15, -0.1) is 0 Å². The van der Waals surface area contributed by atoms with Crippen molar-refractivity contribution in [3.8, 4) is 0 Å². The van der Waals surface area contributed by atoms with Crippen molar-refractivity contribution in [2.24, 2.45) is 51.8 Å². The molecule has 0 atom stereocenters. The van der Waals surface area contributed by atoms with Gasteiger partial charge in [-0.25, -0.2) is 0 Å². The molecule has 0 heterocycles. The largest absolute Gasteiger partial charge is 0.378 e. The number of azide groups is 9. The summed E-state index contributed by atoms with van der Waals surface area (Å²) in [6, 6.07) is 0. The van der Waals surface area contributed by atoms with Gasteiger partial charge in [0.05, 0.1) is 19.8 Å². The maximum Gasteiger partial charge on any atom is 0.246 e. The van der Waals surface area contributed by atoms with E-state index in [1.807, 2.05) is 0 Å². The van der Waals surface area contributed by atoms with Crippen molar-refractivity contribution in [1.29, 1.82) is 0 Å². The van der Waals surface area contributed by atoms with E-state index in [2.05, 4.69) is 159 Å². The Morgan fingerprint density at radius 3 is 0.519 bits per heavy atom. The fourth-order valence-electron chi connectivity index (χ4n) is 13.0. The number of nitrogens with two attached hydrogens (primary N) is 1. The number of amides is 13. The molecule has 0 aliphatic rings. The lowest BCUT2D eigenvalue weighted by Gasteiger charge is -2.39. The minimum Gasteiger partial charge on any atom is -0.378 e. The zero-order valence-corrected chi connectivity index (χ0v) is 73.4. The third-order valence-electron chi connectivity index (χ3n) is 19.8. The lowest BCUT2D eigenvalue weighted by molar-refractivity contribution is -0.131. The van der Waals surface area contributed by atoms with E-state index in [-0.39, 0.29) is 318 Å². The van der Waals surface area contributed by atoms with Crippen molar-refractivity contribution in [2.45, 2.75) is 234 Å². The Labute approximate surface area is 745 Å². The van der Waals surface area contributed by atoms with Crippen LogP contribution in [0.5, 0.6) is 0 Å². The first-order chi connectivity index (χ1) is 62.3. The molecule has 56 heteroatoms. The summed E-state index contributed by atoms with van der Waals surface area (Å²) in [4.78, 5) is 210. The van der Waals surface area contributed by atoms with Crippen molar-refractivity contribution < 1.29 is 71.8 Å². The van der Waals surface area contributed by atoms with E-state index in [1.54, 1.807) is 0 Å². The van der Waals surface area contributed by atoms with Gasteiger partial charge in [0.2, 0.25) is 76.8 Å². The van der Waals surface area contributed by atoms with E-state index in [0.29, 0.717) is 0 Å². The monoisotopic (exact) mass is 1820 g/mol. The summed E-state index contributed by atoms with van der Waals surface area (Å²) >= 11 is 0. The summed E-state index contributed by atoms with van der Waals surface area (Å²) in [6.45, 7) is -0.0656.